The number of nitrogens with zero attached hydrogens (tertiary/aromatic N) is 3. The largest absolute Gasteiger partial charge is 0.493 e. The zero-order valence-corrected chi connectivity index (χ0v) is 8.54. The first kappa shape index (κ1) is 9.51. The molecule has 15 heavy (non-hydrogen) atoms. The molecular formula is C10H11N3O2. The van der Waals surface area contributed by atoms with Crippen molar-refractivity contribution in [3.63, 3.8) is 0 Å². The van der Waals surface area contributed by atoms with Crippen LogP contribution >= 0.6 is 0 Å². The molecule has 0 fully saturated rings. The van der Waals surface area contributed by atoms with E-state index in [-0.39, 0.29) is 0 Å². The molecule has 0 saturated heterocycles. The van der Waals surface area contributed by atoms with Crippen LogP contribution in [0.2, 0.25) is 0 Å². The lowest BCUT2D eigenvalue weighted by Crippen LogP contribution is -1.99. The Kier molecular flexibility index (Phi) is 2.53. The van der Waals surface area contributed by atoms with E-state index >= 15 is 0 Å². The molecule has 1 aromatic carbocycles. The molecule has 5 heteroatoms. The molecule has 0 aliphatic carbocycles. The van der Waals surface area contributed by atoms with Crippen LogP contribution in [0.3, 0.4) is 0 Å². The first-order valence-corrected chi connectivity index (χ1v) is 4.44. The van der Waals surface area contributed by atoms with Crippen molar-refractivity contribution in [1.82, 2.24) is 15.0 Å². The van der Waals surface area contributed by atoms with E-state index in [4.69, 9.17) is 9.47 Å². The highest BCUT2D eigenvalue weighted by molar-refractivity contribution is 5.47. The fourth-order valence-electron chi connectivity index (χ4n) is 1.30. The summed E-state index contributed by atoms with van der Waals surface area (Å²) in [7, 11) is 3.20. The van der Waals surface area contributed by atoms with Crippen LogP contribution in [0.1, 0.15) is 0 Å². The van der Waals surface area contributed by atoms with Crippen molar-refractivity contribution < 1.29 is 9.47 Å². The molecule has 2 rings (SSSR count). The minimum absolute atomic E-state index is 0.660. The quantitative estimate of drug-likeness (QED) is 0.757. The number of hydrogen-bond donors (Lipinski definition) is 0. The Morgan fingerprint density at radius 1 is 1.00 bits per heavy atom. The third-order valence-electron chi connectivity index (χ3n) is 2.02. The Labute approximate surface area is 87.2 Å². The fourth-order valence-corrected chi connectivity index (χ4v) is 1.30. The van der Waals surface area contributed by atoms with Gasteiger partial charge in [-0.05, 0) is 12.1 Å². The molecule has 1 heterocycles. The van der Waals surface area contributed by atoms with Gasteiger partial charge >= 0.3 is 0 Å². The number of ether oxygens (including phenoxy) is 2. The normalized spacial score (nSPS) is 10.0. The highest BCUT2D eigenvalue weighted by Crippen LogP contribution is 2.28. The van der Waals surface area contributed by atoms with Crippen LogP contribution in [-0.4, -0.2) is 29.2 Å². The van der Waals surface area contributed by atoms with Crippen LogP contribution in [0.5, 0.6) is 11.5 Å². The molecule has 78 valence electrons. The van der Waals surface area contributed by atoms with Gasteiger partial charge in [0, 0.05) is 6.07 Å². The number of aromatic nitrogens is 3. The molecular weight excluding hydrogens is 194 g/mol. The molecule has 0 radical (unpaired) electrons. The first-order valence-electron chi connectivity index (χ1n) is 4.44. The van der Waals surface area contributed by atoms with E-state index in [9.17, 15) is 0 Å². The van der Waals surface area contributed by atoms with Gasteiger partial charge in [-0.25, -0.2) is 0 Å². The Bertz CT molecular complexity index is 440. The summed E-state index contributed by atoms with van der Waals surface area (Å²) in [4.78, 5) is 1.52. The van der Waals surface area contributed by atoms with Gasteiger partial charge in [0.2, 0.25) is 0 Å². The Hall–Kier alpha value is -2.04. The van der Waals surface area contributed by atoms with Crippen LogP contribution in [0.25, 0.3) is 5.69 Å². The van der Waals surface area contributed by atoms with Gasteiger partial charge in [0.05, 0.1) is 32.3 Å². The van der Waals surface area contributed by atoms with Crippen molar-refractivity contribution in [2.75, 3.05) is 14.2 Å². The van der Waals surface area contributed by atoms with Gasteiger partial charge < -0.3 is 9.47 Å². The molecule has 0 amide bonds. The lowest BCUT2D eigenvalue weighted by atomic mass is 10.3. The molecule has 0 aliphatic heterocycles. The van der Waals surface area contributed by atoms with E-state index in [2.05, 4.69) is 10.2 Å². The van der Waals surface area contributed by atoms with Crippen LogP contribution < -0.4 is 9.47 Å². The van der Waals surface area contributed by atoms with Gasteiger partial charge in [0.25, 0.3) is 0 Å². The highest BCUT2D eigenvalue weighted by Gasteiger charge is 2.05. The Balaban J connectivity index is 2.43. The van der Waals surface area contributed by atoms with Crippen molar-refractivity contribution in [3.8, 4) is 17.2 Å². The summed E-state index contributed by atoms with van der Waals surface area (Å²) in [6.45, 7) is 0. The molecule has 5 nitrogen and oxygen atoms in total. The monoisotopic (exact) mass is 205 g/mol. The minimum Gasteiger partial charge on any atom is -0.493 e. The molecule has 0 saturated carbocycles. The van der Waals surface area contributed by atoms with E-state index in [0.717, 1.165) is 5.69 Å². The lowest BCUT2D eigenvalue weighted by molar-refractivity contribution is 0.354. The van der Waals surface area contributed by atoms with Gasteiger partial charge in [0.1, 0.15) is 0 Å². The van der Waals surface area contributed by atoms with Crippen molar-refractivity contribution in [2.45, 2.75) is 0 Å². The molecule has 0 N–H and O–H groups in total. The van der Waals surface area contributed by atoms with Crippen molar-refractivity contribution >= 4 is 0 Å². The third-order valence-corrected chi connectivity index (χ3v) is 2.02. The number of hydrogen-bond acceptors (Lipinski definition) is 4. The zero-order chi connectivity index (χ0) is 10.7. The first-order chi connectivity index (χ1) is 7.35. The smallest absolute Gasteiger partial charge is 0.162 e. The van der Waals surface area contributed by atoms with Gasteiger partial charge in [-0.1, -0.05) is 0 Å². The van der Waals surface area contributed by atoms with Crippen LogP contribution in [0.4, 0.5) is 0 Å². The van der Waals surface area contributed by atoms with Crippen molar-refractivity contribution in [3.05, 3.63) is 30.6 Å². The molecule has 0 bridgehead atoms. The third kappa shape index (κ3) is 1.76. The zero-order valence-electron chi connectivity index (χ0n) is 8.54. The Morgan fingerprint density at radius 2 is 1.67 bits per heavy atom. The second-order valence-corrected chi connectivity index (χ2v) is 2.86. The van der Waals surface area contributed by atoms with E-state index < -0.39 is 0 Å². The van der Waals surface area contributed by atoms with E-state index in [0.29, 0.717) is 11.5 Å². The SMILES string of the molecule is COc1ccc(-n2nccn2)cc1OC. The second kappa shape index (κ2) is 4.00. The second-order valence-electron chi connectivity index (χ2n) is 2.86. The van der Waals surface area contributed by atoms with E-state index in [1.54, 1.807) is 26.6 Å². The molecule has 0 spiro atoms. The lowest BCUT2D eigenvalue weighted by Gasteiger charge is -2.08. The predicted octanol–water partition coefficient (Wildman–Crippen LogP) is 1.28. The molecule has 0 atom stereocenters. The fraction of sp³-hybridized carbons (Fsp3) is 0.200. The van der Waals surface area contributed by atoms with Crippen LogP contribution in [0.15, 0.2) is 30.6 Å². The number of methoxy groups -OCH3 is 2. The van der Waals surface area contributed by atoms with Gasteiger partial charge in [-0.3, -0.25) is 0 Å². The topological polar surface area (TPSA) is 49.2 Å². The maximum absolute atomic E-state index is 5.18. The summed E-state index contributed by atoms with van der Waals surface area (Å²) in [5.41, 5.74) is 0.831. The van der Waals surface area contributed by atoms with E-state index in [1.807, 2.05) is 18.2 Å². The average Bonchev–Trinajstić information content (AvgIpc) is 2.81. The van der Waals surface area contributed by atoms with Gasteiger partial charge in [-0.15, -0.1) is 0 Å². The molecule has 0 aliphatic rings. The minimum atomic E-state index is 0.660. The number of rotatable bonds is 3. The van der Waals surface area contributed by atoms with Gasteiger partial charge in [0.15, 0.2) is 11.5 Å². The summed E-state index contributed by atoms with van der Waals surface area (Å²) in [5.74, 6) is 1.35. The molecule has 0 unspecified atom stereocenters. The van der Waals surface area contributed by atoms with Crippen LogP contribution in [-0.2, 0) is 0 Å². The van der Waals surface area contributed by atoms with E-state index in [1.165, 1.54) is 4.80 Å². The summed E-state index contributed by atoms with van der Waals surface area (Å²) in [6.07, 6.45) is 3.24. The summed E-state index contributed by atoms with van der Waals surface area (Å²) in [6, 6.07) is 5.50. The summed E-state index contributed by atoms with van der Waals surface area (Å²) >= 11 is 0. The molecule has 2 aromatic rings. The molecule has 1 aromatic heterocycles. The summed E-state index contributed by atoms with van der Waals surface area (Å²) in [5, 5.41) is 8.05. The van der Waals surface area contributed by atoms with Crippen molar-refractivity contribution in [1.29, 1.82) is 0 Å². The number of benzene rings is 1. The van der Waals surface area contributed by atoms with Crippen molar-refractivity contribution in [2.24, 2.45) is 0 Å². The maximum atomic E-state index is 5.18. The van der Waals surface area contributed by atoms with Gasteiger partial charge in [-0.2, -0.15) is 15.0 Å². The summed E-state index contributed by atoms with van der Waals surface area (Å²) < 4.78 is 10.3. The van der Waals surface area contributed by atoms with Crippen LogP contribution in [0, 0.1) is 0 Å². The standard InChI is InChI=1S/C10H11N3O2/c1-14-9-4-3-8(7-10(9)15-2)13-11-5-6-12-13/h3-7H,1-2H3. The maximum Gasteiger partial charge on any atom is 0.162 e. The Morgan fingerprint density at radius 3 is 2.27 bits per heavy atom. The average molecular weight is 205 g/mol. The highest BCUT2D eigenvalue weighted by atomic mass is 16.5. The predicted molar refractivity (Wildman–Crippen MR) is 54.5 cm³/mol.